The van der Waals surface area contributed by atoms with E-state index in [0.717, 1.165) is 11.3 Å². The molecule has 3 rings (SSSR count). The summed E-state index contributed by atoms with van der Waals surface area (Å²) in [6, 6.07) is 23.3. The predicted molar refractivity (Wildman–Crippen MR) is 81.5 cm³/mol. The van der Waals surface area contributed by atoms with Gasteiger partial charge in [-0.25, -0.2) is 4.39 Å². The molecule has 22 heavy (non-hydrogen) atoms. The van der Waals surface area contributed by atoms with Gasteiger partial charge in [0.1, 0.15) is 17.3 Å². The van der Waals surface area contributed by atoms with E-state index in [1.165, 1.54) is 19.3 Å². The van der Waals surface area contributed by atoms with Gasteiger partial charge in [-0.2, -0.15) is 0 Å². The normalized spacial score (nSPS) is 10.5. The van der Waals surface area contributed by atoms with Crippen LogP contribution in [-0.2, 0) is 0 Å². The molecule has 0 atom stereocenters. The Kier molecular flexibility index (Phi) is 4.73. The van der Waals surface area contributed by atoms with Crippen LogP contribution in [0.2, 0.25) is 0 Å². The average molecular weight is 405 g/mol. The molecule has 0 saturated heterocycles. The number of rotatable bonds is 4. The second-order valence-electron chi connectivity index (χ2n) is 4.91. The van der Waals surface area contributed by atoms with Crippen LogP contribution in [-0.4, -0.2) is 0 Å². The molecule has 0 aliphatic heterocycles. The van der Waals surface area contributed by atoms with E-state index in [0.29, 0.717) is 5.75 Å². The van der Waals surface area contributed by atoms with Gasteiger partial charge < -0.3 is 4.74 Å². The molecule has 3 aromatic rings. The number of benzene rings is 3. The fourth-order valence-corrected chi connectivity index (χ4v) is 4.28. The highest BCUT2D eigenvalue weighted by Gasteiger charge is 2.14. The van der Waals surface area contributed by atoms with Gasteiger partial charge in [0.05, 0.1) is 0 Å². The topological polar surface area (TPSA) is 9.23 Å². The Hall–Kier alpha value is -1.88. The van der Waals surface area contributed by atoms with Gasteiger partial charge in [0.25, 0.3) is 0 Å². The SMILES string of the molecule is Cc1cc(F)cc(Oc2ccc([I+]c3ccccc3)cc2)c1. The van der Waals surface area contributed by atoms with Crippen LogP contribution in [0.25, 0.3) is 0 Å². The van der Waals surface area contributed by atoms with Crippen molar-refractivity contribution in [2.45, 2.75) is 6.92 Å². The van der Waals surface area contributed by atoms with E-state index in [9.17, 15) is 4.39 Å². The summed E-state index contributed by atoms with van der Waals surface area (Å²) in [7, 11) is 0. The van der Waals surface area contributed by atoms with Crippen LogP contribution in [0.5, 0.6) is 11.5 Å². The maximum Gasteiger partial charge on any atom is 0.357 e. The second-order valence-corrected chi connectivity index (χ2v) is 7.94. The Morgan fingerprint density at radius 1 is 0.773 bits per heavy atom. The molecule has 0 amide bonds. The molecular formula is C19H15FIO+. The van der Waals surface area contributed by atoms with Crippen molar-refractivity contribution < 1.29 is 30.3 Å². The van der Waals surface area contributed by atoms with Gasteiger partial charge >= 0.3 is 21.2 Å². The number of halogens is 2. The summed E-state index contributed by atoms with van der Waals surface area (Å²) in [6.45, 7) is 1.85. The highest BCUT2D eigenvalue weighted by atomic mass is 127. The number of aryl methyl sites for hydroxylation is 1. The quantitative estimate of drug-likeness (QED) is 0.604. The first-order valence-corrected chi connectivity index (χ1v) is 9.10. The Bertz CT molecular complexity index is 734. The fourth-order valence-electron chi connectivity index (χ4n) is 2.07. The van der Waals surface area contributed by atoms with Gasteiger partial charge in [-0.15, -0.1) is 0 Å². The summed E-state index contributed by atoms with van der Waals surface area (Å²) in [6.07, 6.45) is 0. The van der Waals surface area contributed by atoms with E-state index in [-0.39, 0.29) is 27.0 Å². The van der Waals surface area contributed by atoms with E-state index in [1.54, 1.807) is 0 Å². The Morgan fingerprint density at radius 3 is 2.14 bits per heavy atom. The smallest absolute Gasteiger partial charge is 0.357 e. The van der Waals surface area contributed by atoms with Crippen molar-refractivity contribution in [2.75, 3.05) is 0 Å². The lowest BCUT2D eigenvalue weighted by atomic mass is 10.2. The summed E-state index contributed by atoms with van der Waals surface area (Å²) in [5.74, 6) is 0.982. The maximum atomic E-state index is 13.4. The minimum absolute atomic E-state index is 0.171. The van der Waals surface area contributed by atoms with Crippen LogP contribution in [0.3, 0.4) is 0 Å². The first-order chi connectivity index (χ1) is 10.7. The first kappa shape index (κ1) is 15.0. The summed E-state index contributed by atoms with van der Waals surface area (Å²) in [4.78, 5) is 0. The van der Waals surface area contributed by atoms with Crippen molar-refractivity contribution >= 4 is 0 Å². The van der Waals surface area contributed by atoms with Crippen LogP contribution in [0, 0.1) is 19.9 Å². The highest BCUT2D eigenvalue weighted by Crippen LogP contribution is 2.22. The number of hydrogen-bond donors (Lipinski definition) is 0. The molecular weight excluding hydrogens is 390 g/mol. The lowest BCUT2D eigenvalue weighted by Crippen LogP contribution is -3.61. The molecule has 0 heterocycles. The third-order valence-corrected chi connectivity index (χ3v) is 5.70. The van der Waals surface area contributed by atoms with Crippen LogP contribution in [0.4, 0.5) is 4.39 Å². The van der Waals surface area contributed by atoms with Crippen molar-refractivity contribution in [3.63, 3.8) is 0 Å². The van der Waals surface area contributed by atoms with Crippen molar-refractivity contribution in [1.29, 1.82) is 0 Å². The van der Waals surface area contributed by atoms with Gasteiger partial charge in [0, 0.05) is 6.07 Å². The monoisotopic (exact) mass is 405 g/mol. The van der Waals surface area contributed by atoms with E-state index in [1.807, 2.05) is 31.2 Å². The Balaban J connectivity index is 1.71. The molecule has 0 fully saturated rings. The molecule has 110 valence electrons. The summed E-state index contributed by atoms with van der Waals surface area (Å²) in [5.41, 5.74) is 0.849. The highest BCUT2D eigenvalue weighted by molar-refractivity contribution is 5.33. The van der Waals surface area contributed by atoms with E-state index in [2.05, 4.69) is 36.4 Å². The van der Waals surface area contributed by atoms with Gasteiger partial charge in [0.15, 0.2) is 7.14 Å². The molecule has 0 unspecified atom stereocenters. The maximum absolute atomic E-state index is 13.4. The molecule has 0 aliphatic carbocycles. The summed E-state index contributed by atoms with van der Waals surface area (Å²) >= 11 is -0.171. The summed E-state index contributed by atoms with van der Waals surface area (Å²) in [5, 5.41) is 0. The largest absolute Gasteiger partial charge is 0.457 e. The minimum Gasteiger partial charge on any atom is -0.457 e. The zero-order valence-corrected chi connectivity index (χ0v) is 14.2. The number of hydrogen-bond acceptors (Lipinski definition) is 1. The first-order valence-electron chi connectivity index (χ1n) is 6.94. The number of ether oxygens (including phenoxy) is 1. The zero-order chi connectivity index (χ0) is 15.4. The van der Waals surface area contributed by atoms with Crippen molar-refractivity contribution in [1.82, 2.24) is 0 Å². The Labute approximate surface area is 140 Å². The predicted octanol–water partition coefficient (Wildman–Crippen LogP) is 2.05. The molecule has 0 aliphatic rings. The van der Waals surface area contributed by atoms with Crippen molar-refractivity contribution in [3.05, 3.63) is 91.3 Å². The van der Waals surface area contributed by atoms with Crippen molar-refractivity contribution in [2.24, 2.45) is 0 Å². The molecule has 0 saturated carbocycles. The van der Waals surface area contributed by atoms with E-state index in [4.69, 9.17) is 4.74 Å². The minimum atomic E-state index is -0.276. The molecule has 0 bridgehead atoms. The fraction of sp³-hybridized carbons (Fsp3) is 0.0526. The molecule has 1 nitrogen and oxygen atoms in total. The van der Waals surface area contributed by atoms with E-state index >= 15 is 0 Å². The molecule has 0 radical (unpaired) electrons. The molecule has 3 aromatic carbocycles. The van der Waals surface area contributed by atoms with Gasteiger partial charge in [-0.1, -0.05) is 18.2 Å². The lowest BCUT2D eigenvalue weighted by molar-refractivity contribution is -0.597. The van der Waals surface area contributed by atoms with Gasteiger partial charge in [-0.05, 0) is 61.0 Å². The Morgan fingerprint density at radius 2 is 1.45 bits per heavy atom. The third kappa shape index (κ3) is 4.07. The van der Waals surface area contributed by atoms with Gasteiger partial charge in [0.2, 0.25) is 0 Å². The molecule has 0 aromatic heterocycles. The van der Waals surface area contributed by atoms with E-state index < -0.39 is 0 Å². The third-order valence-electron chi connectivity index (χ3n) is 3.02. The lowest BCUT2D eigenvalue weighted by Gasteiger charge is -2.06. The average Bonchev–Trinajstić information content (AvgIpc) is 2.49. The molecule has 3 heteroatoms. The van der Waals surface area contributed by atoms with Crippen LogP contribution >= 0.6 is 0 Å². The standard InChI is InChI=1S/C19H15FIO/c1-14-11-15(20)13-19(12-14)22-18-9-7-17(8-10-18)21-16-5-3-2-4-6-16/h2-13H,1H3/q+1. The van der Waals surface area contributed by atoms with Crippen LogP contribution < -0.4 is 25.9 Å². The van der Waals surface area contributed by atoms with Crippen LogP contribution in [0.1, 0.15) is 5.56 Å². The zero-order valence-electron chi connectivity index (χ0n) is 12.1. The van der Waals surface area contributed by atoms with Gasteiger partial charge in [-0.3, -0.25) is 0 Å². The van der Waals surface area contributed by atoms with Crippen LogP contribution in [0.15, 0.2) is 72.8 Å². The summed E-state index contributed by atoms with van der Waals surface area (Å²) < 4.78 is 21.8. The second kappa shape index (κ2) is 6.92. The van der Waals surface area contributed by atoms with Crippen molar-refractivity contribution in [3.8, 4) is 11.5 Å². The molecule has 0 spiro atoms. The molecule has 0 N–H and O–H groups in total.